The lowest BCUT2D eigenvalue weighted by Gasteiger charge is -2.38. The smallest absolute Gasteiger partial charge is 0.306 e. The summed E-state index contributed by atoms with van der Waals surface area (Å²) in [4.78, 5) is 11.8. The zero-order valence-electron chi connectivity index (χ0n) is 16.2. The zero-order chi connectivity index (χ0) is 20.2. The number of esters is 1. The number of aliphatic hydroxyl groups excluding tert-OH is 1. The quantitative estimate of drug-likeness (QED) is 0.490. The third-order valence-electron chi connectivity index (χ3n) is 5.50. The van der Waals surface area contributed by atoms with Crippen LogP contribution >= 0.6 is 0 Å². The number of benzene rings is 3. The lowest BCUT2D eigenvalue weighted by atomic mass is 9.80. The molecule has 4 rings (SSSR count). The van der Waals surface area contributed by atoms with Crippen molar-refractivity contribution in [2.75, 3.05) is 13.2 Å². The number of carbonyl (C=O) groups excluding carboxylic acids is 1. The largest absolute Gasteiger partial charge is 0.454 e. The topological polar surface area (TPSA) is 55.8 Å². The van der Waals surface area contributed by atoms with E-state index in [9.17, 15) is 9.90 Å². The van der Waals surface area contributed by atoms with Gasteiger partial charge in [0.05, 0.1) is 13.2 Å². The molecule has 4 nitrogen and oxygen atoms in total. The van der Waals surface area contributed by atoms with E-state index >= 15 is 0 Å². The van der Waals surface area contributed by atoms with Crippen LogP contribution in [0.2, 0.25) is 0 Å². The molecule has 148 valence electrons. The first-order chi connectivity index (χ1) is 14.2. The molecule has 0 bridgehead atoms. The average Bonchev–Trinajstić information content (AvgIpc) is 3.18. The highest BCUT2D eigenvalue weighted by Crippen LogP contribution is 2.42. The summed E-state index contributed by atoms with van der Waals surface area (Å²) in [5, 5.41) is 9.99. The van der Waals surface area contributed by atoms with E-state index in [-0.39, 0.29) is 19.2 Å². The summed E-state index contributed by atoms with van der Waals surface area (Å²) in [5.74, 6) is -0.299. The van der Waals surface area contributed by atoms with Crippen molar-refractivity contribution in [1.29, 1.82) is 0 Å². The highest BCUT2D eigenvalue weighted by molar-refractivity contribution is 5.72. The normalized spacial score (nSPS) is 19.1. The van der Waals surface area contributed by atoms with Crippen LogP contribution in [-0.2, 0) is 19.9 Å². The molecule has 1 saturated heterocycles. The molecule has 4 heteroatoms. The van der Waals surface area contributed by atoms with E-state index in [2.05, 4.69) is 0 Å². The van der Waals surface area contributed by atoms with Gasteiger partial charge in [-0.25, -0.2) is 0 Å². The number of aliphatic hydroxyl groups is 1. The molecule has 3 aromatic rings. The number of cyclic esters (lactones) is 1. The number of carbonyl (C=O) groups is 1. The molecule has 0 saturated carbocycles. The molecule has 1 aliphatic rings. The Bertz CT molecular complexity index is 844. The van der Waals surface area contributed by atoms with Crippen molar-refractivity contribution in [2.24, 2.45) is 0 Å². The average molecular weight is 388 g/mol. The van der Waals surface area contributed by atoms with E-state index in [1.165, 1.54) is 0 Å². The van der Waals surface area contributed by atoms with Crippen molar-refractivity contribution in [1.82, 2.24) is 0 Å². The minimum absolute atomic E-state index is 0.0912. The van der Waals surface area contributed by atoms with Crippen LogP contribution < -0.4 is 0 Å². The molecule has 1 aliphatic heterocycles. The van der Waals surface area contributed by atoms with Gasteiger partial charge in [0.15, 0.2) is 5.60 Å². The summed E-state index contributed by atoms with van der Waals surface area (Å²) in [7, 11) is 0. The molecule has 0 aliphatic carbocycles. The second kappa shape index (κ2) is 8.19. The SMILES string of the molecule is O=C1CCC(CO)(COC(c2ccccc2)(c2ccccc2)c2ccccc2)O1. The molecule has 0 spiro atoms. The maximum Gasteiger partial charge on any atom is 0.306 e. The number of hydrogen-bond acceptors (Lipinski definition) is 4. The second-order valence-corrected chi connectivity index (χ2v) is 7.38. The van der Waals surface area contributed by atoms with E-state index < -0.39 is 11.2 Å². The lowest BCUT2D eigenvalue weighted by Crippen LogP contribution is -2.43. The summed E-state index contributed by atoms with van der Waals surface area (Å²) >= 11 is 0. The number of ether oxygens (including phenoxy) is 2. The fourth-order valence-corrected chi connectivity index (χ4v) is 3.94. The van der Waals surface area contributed by atoms with Crippen molar-refractivity contribution >= 4 is 5.97 Å². The molecular weight excluding hydrogens is 364 g/mol. The van der Waals surface area contributed by atoms with Crippen LogP contribution in [0.25, 0.3) is 0 Å². The molecule has 1 heterocycles. The predicted molar refractivity (Wildman–Crippen MR) is 110 cm³/mol. The Hall–Kier alpha value is -2.95. The first-order valence-electron chi connectivity index (χ1n) is 9.82. The van der Waals surface area contributed by atoms with E-state index in [1.54, 1.807) is 0 Å². The molecule has 0 amide bonds. The Kier molecular flexibility index (Phi) is 5.47. The Morgan fingerprint density at radius 2 is 1.28 bits per heavy atom. The molecule has 1 atom stereocenters. The van der Waals surface area contributed by atoms with E-state index in [1.807, 2.05) is 91.0 Å². The first-order valence-corrected chi connectivity index (χ1v) is 9.82. The van der Waals surface area contributed by atoms with Gasteiger partial charge in [-0.15, -0.1) is 0 Å². The Morgan fingerprint density at radius 3 is 1.62 bits per heavy atom. The Morgan fingerprint density at radius 1 is 0.828 bits per heavy atom. The fourth-order valence-electron chi connectivity index (χ4n) is 3.94. The van der Waals surface area contributed by atoms with Crippen LogP contribution in [-0.4, -0.2) is 29.9 Å². The van der Waals surface area contributed by atoms with Gasteiger partial charge in [-0.3, -0.25) is 4.79 Å². The highest BCUT2D eigenvalue weighted by Gasteiger charge is 2.45. The third-order valence-corrected chi connectivity index (χ3v) is 5.50. The van der Waals surface area contributed by atoms with Crippen LogP contribution in [0.5, 0.6) is 0 Å². The van der Waals surface area contributed by atoms with Crippen molar-refractivity contribution in [3.63, 3.8) is 0 Å². The molecule has 1 unspecified atom stereocenters. The fraction of sp³-hybridized carbons (Fsp3) is 0.240. The minimum Gasteiger partial charge on any atom is -0.454 e. The summed E-state index contributed by atoms with van der Waals surface area (Å²) in [5.41, 5.74) is 0.987. The van der Waals surface area contributed by atoms with E-state index in [0.29, 0.717) is 12.8 Å². The molecular formula is C25H24O4. The van der Waals surface area contributed by atoms with Gasteiger partial charge in [-0.2, -0.15) is 0 Å². The van der Waals surface area contributed by atoms with Gasteiger partial charge in [-0.1, -0.05) is 91.0 Å². The Balaban J connectivity index is 1.85. The molecule has 0 aromatic heterocycles. The van der Waals surface area contributed by atoms with E-state index in [4.69, 9.17) is 9.47 Å². The summed E-state index contributed by atoms with van der Waals surface area (Å²) in [6.07, 6.45) is 0.732. The van der Waals surface area contributed by atoms with Crippen LogP contribution in [0.1, 0.15) is 29.5 Å². The maximum atomic E-state index is 11.8. The van der Waals surface area contributed by atoms with Crippen LogP contribution in [0.4, 0.5) is 0 Å². The van der Waals surface area contributed by atoms with Gasteiger partial charge >= 0.3 is 5.97 Å². The van der Waals surface area contributed by atoms with Crippen LogP contribution in [0.15, 0.2) is 91.0 Å². The maximum absolute atomic E-state index is 11.8. The summed E-state index contributed by atoms with van der Waals surface area (Å²) < 4.78 is 12.2. The summed E-state index contributed by atoms with van der Waals surface area (Å²) in [6.45, 7) is -0.179. The van der Waals surface area contributed by atoms with Gasteiger partial charge in [-0.05, 0) is 16.7 Å². The molecule has 3 aromatic carbocycles. The molecule has 1 N–H and O–H groups in total. The lowest BCUT2D eigenvalue weighted by molar-refractivity contribution is -0.163. The third kappa shape index (κ3) is 3.69. The molecule has 0 radical (unpaired) electrons. The highest BCUT2D eigenvalue weighted by atomic mass is 16.6. The van der Waals surface area contributed by atoms with Gasteiger partial charge in [0, 0.05) is 12.8 Å². The van der Waals surface area contributed by atoms with Crippen molar-refractivity contribution < 1.29 is 19.4 Å². The van der Waals surface area contributed by atoms with Crippen LogP contribution in [0, 0.1) is 0 Å². The summed E-state index contributed by atoms with van der Waals surface area (Å²) in [6, 6.07) is 30.0. The van der Waals surface area contributed by atoms with Crippen molar-refractivity contribution in [3.8, 4) is 0 Å². The molecule has 29 heavy (non-hydrogen) atoms. The standard InChI is InChI=1S/C25H24O4/c26-18-24(17-16-23(27)29-24)19-28-25(20-10-4-1-5-11-20,21-12-6-2-7-13-21)22-14-8-3-9-15-22/h1-15,26H,16-19H2. The number of hydrogen-bond donors (Lipinski definition) is 1. The van der Waals surface area contributed by atoms with E-state index in [0.717, 1.165) is 16.7 Å². The van der Waals surface area contributed by atoms with Gasteiger partial charge in [0.1, 0.15) is 5.60 Å². The van der Waals surface area contributed by atoms with Gasteiger partial charge in [0.2, 0.25) is 0 Å². The Labute approximate surface area is 170 Å². The predicted octanol–water partition coefficient (Wildman–Crippen LogP) is 4.06. The first kappa shape index (κ1) is 19.4. The van der Waals surface area contributed by atoms with Gasteiger partial charge in [0.25, 0.3) is 0 Å². The van der Waals surface area contributed by atoms with Crippen molar-refractivity contribution in [2.45, 2.75) is 24.0 Å². The minimum atomic E-state index is -1.01. The van der Waals surface area contributed by atoms with Gasteiger partial charge < -0.3 is 14.6 Å². The monoisotopic (exact) mass is 388 g/mol. The molecule has 1 fully saturated rings. The van der Waals surface area contributed by atoms with Crippen LogP contribution in [0.3, 0.4) is 0 Å². The zero-order valence-corrected chi connectivity index (χ0v) is 16.2. The number of rotatable bonds is 7. The second-order valence-electron chi connectivity index (χ2n) is 7.38. The van der Waals surface area contributed by atoms with Crippen molar-refractivity contribution in [3.05, 3.63) is 108 Å².